The van der Waals surface area contributed by atoms with Gasteiger partial charge >= 0.3 is 5.97 Å². The van der Waals surface area contributed by atoms with Crippen LogP contribution in [-0.4, -0.2) is 22.6 Å². The third-order valence-corrected chi connectivity index (χ3v) is 4.42. The van der Waals surface area contributed by atoms with Crippen LogP contribution in [0.3, 0.4) is 0 Å². The van der Waals surface area contributed by atoms with Crippen molar-refractivity contribution < 1.29 is 9.90 Å². The van der Waals surface area contributed by atoms with Gasteiger partial charge in [-0.05, 0) is 11.5 Å². The van der Waals surface area contributed by atoms with Crippen molar-refractivity contribution in [3.05, 3.63) is 47.0 Å². The van der Waals surface area contributed by atoms with Crippen LogP contribution < -0.4 is 4.90 Å². The van der Waals surface area contributed by atoms with Crippen molar-refractivity contribution in [1.82, 2.24) is 4.98 Å². The van der Waals surface area contributed by atoms with E-state index < -0.39 is 11.9 Å². The summed E-state index contributed by atoms with van der Waals surface area (Å²) in [5.74, 6) is -0.839. The first-order chi connectivity index (χ1) is 10.5. The molecule has 1 aromatic carbocycles. The Morgan fingerprint density at radius 2 is 1.95 bits per heavy atom. The van der Waals surface area contributed by atoms with Crippen molar-refractivity contribution in [1.29, 1.82) is 0 Å². The quantitative estimate of drug-likeness (QED) is 0.838. The van der Waals surface area contributed by atoms with E-state index in [0.717, 1.165) is 16.4 Å². The fourth-order valence-electron chi connectivity index (χ4n) is 2.11. The molecule has 1 unspecified atom stereocenters. The zero-order valence-corrected chi connectivity index (χ0v) is 14.0. The van der Waals surface area contributed by atoms with Crippen LogP contribution in [0.1, 0.15) is 37.9 Å². The van der Waals surface area contributed by atoms with E-state index in [0.29, 0.717) is 19.0 Å². The molecular weight excluding hydrogens is 296 g/mol. The van der Waals surface area contributed by atoms with Gasteiger partial charge < -0.3 is 10.0 Å². The number of benzene rings is 1. The smallest absolute Gasteiger partial charge is 0.308 e. The van der Waals surface area contributed by atoms with Crippen molar-refractivity contribution in [2.24, 2.45) is 5.92 Å². The molecule has 2 aromatic rings. The van der Waals surface area contributed by atoms with Gasteiger partial charge in [0, 0.05) is 18.5 Å². The summed E-state index contributed by atoms with van der Waals surface area (Å²) in [6.45, 7) is 7.08. The van der Waals surface area contributed by atoms with Crippen LogP contribution >= 0.6 is 11.3 Å². The third kappa shape index (κ3) is 4.31. The lowest BCUT2D eigenvalue weighted by atomic mass is 10.1. The van der Waals surface area contributed by atoms with Crippen molar-refractivity contribution >= 4 is 22.4 Å². The Bertz CT molecular complexity index is 610. The lowest BCUT2D eigenvalue weighted by Crippen LogP contribution is -2.31. The van der Waals surface area contributed by atoms with Crippen LogP contribution in [0.5, 0.6) is 0 Å². The third-order valence-electron chi connectivity index (χ3n) is 3.50. The normalized spacial score (nSPS) is 12.4. The van der Waals surface area contributed by atoms with Gasteiger partial charge in [0.25, 0.3) is 0 Å². The summed E-state index contributed by atoms with van der Waals surface area (Å²) >= 11 is 1.58. The second-order valence-corrected chi connectivity index (χ2v) is 6.65. The van der Waals surface area contributed by atoms with E-state index in [4.69, 9.17) is 0 Å². The van der Waals surface area contributed by atoms with Crippen LogP contribution in [0.4, 0.5) is 5.13 Å². The van der Waals surface area contributed by atoms with Gasteiger partial charge in [-0.15, -0.1) is 11.3 Å². The average molecular weight is 318 g/mol. The van der Waals surface area contributed by atoms with Gasteiger partial charge in [0.2, 0.25) is 0 Å². The number of aromatic nitrogens is 1. The van der Waals surface area contributed by atoms with Crippen LogP contribution in [0.25, 0.3) is 0 Å². The molecule has 0 fully saturated rings. The number of carboxylic acid groups (broad SMARTS) is 1. The fraction of sp³-hybridized carbons (Fsp3) is 0.412. The van der Waals surface area contributed by atoms with E-state index >= 15 is 0 Å². The minimum Gasteiger partial charge on any atom is -0.481 e. The topological polar surface area (TPSA) is 53.4 Å². The van der Waals surface area contributed by atoms with E-state index in [1.54, 1.807) is 18.3 Å². The second kappa shape index (κ2) is 7.40. The van der Waals surface area contributed by atoms with Crippen molar-refractivity contribution in [2.75, 3.05) is 11.4 Å². The van der Waals surface area contributed by atoms with Gasteiger partial charge in [0.05, 0.1) is 11.6 Å². The first kappa shape index (κ1) is 16.5. The van der Waals surface area contributed by atoms with Crippen LogP contribution in [0.2, 0.25) is 0 Å². The first-order valence-electron chi connectivity index (χ1n) is 7.44. The van der Waals surface area contributed by atoms with Crippen molar-refractivity contribution in [3.8, 4) is 0 Å². The minimum absolute atomic E-state index is 0.375. The molecule has 1 N–H and O–H groups in total. The molecule has 0 spiro atoms. The Kier molecular flexibility index (Phi) is 5.55. The van der Waals surface area contributed by atoms with Crippen LogP contribution in [0.15, 0.2) is 35.7 Å². The van der Waals surface area contributed by atoms with E-state index in [9.17, 15) is 9.90 Å². The highest BCUT2D eigenvalue weighted by Gasteiger charge is 2.19. The summed E-state index contributed by atoms with van der Waals surface area (Å²) in [4.78, 5) is 17.9. The van der Waals surface area contributed by atoms with Gasteiger partial charge in [-0.25, -0.2) is 4.98 Å². The number of thiazole rings is 1. The molecule has 0 aliphatic rings. The number of aliphatic carboxylic acids is 1. The Balaban J connectivity index is 2.21. The molecule has 5 heteroatoms. The van der Waals surface area contributed by atoms with Crippen LogP contribution in [-0.2, 0) is 11.3 Å². The molecule has 118 valence electrons. The molecule has 2 rings (SSSR count). The maximum absolute atomic E-state index is 11.2. The first-order valence-corrected chi connectivity index (χ1v) is 8.32. The highest BCUT2D eigenvalue weighted by molar-refractivity contribution is 7.13. The lowest BCUT2D eigenvalue weighted by Gasteiger charge is -2.24. The summed E-state index contributed by atoms with van der Waals surface area (Å²) in [5, 5.41) is 12.1. The maximum atomic E-state index is 11.2. The molecule has 0 saturated carbocycles. The molecule has 0 aliphatic carbocycles. The zero-order valence-electron chi connectivity index (χ0n) is 13.2. The molecule has 1 aromatic heterocycles. The van der Waals surface area contributed by atoms with E-state index in [2.05, 4.69) is 41.2 Å². The Labute approximate surface area is 135 Å². The predicted molar refractivity (Wildman–Crippen MR) is 90.5 cm³/mol. The van der Waals surface area contributed by atoms with Gasteiger partial charge in [0.15, 0.2) is 5.13 Å². The van der Waals surface area contributed by atoms with E-state index in [1.165, 1.54) is 0 Å². The lowest BCUT2D eigenvalue weighted by molar-refractivity contribution is -0.140. The van der Waals surface area contributed by atoms with Crippen molar-refractivity contribution in [2.45, 2.75) is 33.2 Å². The van der Waals surface area contributed by atoms with Gasteiger partial charge in [-0.3, -0.25) is 4.79 Å². The number of rotatable bonds is 7. The number of hydrogen-bond donors (Lipinski definition) is 1. The molecule has 1 heterocycles. The molecule has 0 bridgehead atoms. The second-order valence-electron chi connectivity index (χ2n) is 5.82. The molecular formula is C17H22N2O2S. The fourth-order valence-corrected chi connectivity index (χ4v) is 3.11. The monoisotopic (exact) mass is 318 g/mol. The average Bonchev–Trinajstić information content (AvgIpc) is 2.97. The van der Waals surface area contributed by atoms with E-state index in [1.807, 2.05) is 18.2 Å². The molecule has 1 atom stereocenters. The number of anilines is 1. The highest BCUT2D eigenvalue weighted by Crippen LogP contribution is 2.27. The highest BCUT2D eigenvalue weighted by atomic mass is 32.1. The summed E-state index contributed by atoms with van der Waals surface area (Å²) < 4.78 is 0. The SMILES string of the molecule is CC(CN(Cc1ccccc1)c1nc(C(C)C)cs1)C(=O)O. The summed E-state index contributed by atoms with van der Waals surface area (Å²) in [6.07, 6.45) is 0. The molecule has 0 aliphatic heterocycles. The minimum atomic E-state index is -0.779. The number of nitrogens with zero attached hydrogens (tertiary/aromatic N) is 2. The standard InChI is InChI=1S/C17H22N2O2S/c1-12(2)15-11-22-17(18-15)19(9-13(3)16(20)21)10-14-7-5-4-6-8-14/h4-8,11-13H,9-10H2,1-3H3,(H,20,21). The Hall–Kier alpha value is -1.88. The predicted octanol–water partition coefficient (Wildman–Crippen LogP) is 3.99. The van der Waals surface area contributed by atoms with Gasteiger partial charge in [-0.2, -0.15) is 0 Å². The summed E-state index contributed by atoms with van der Waals surface area (Å²) in [6, 6.07) is 10.1. The number of hydrogen-bond acceptors (Lipinski definition) is 4. The number of carboxylic acids is 1. The van der Waals surface area contributed by atoms with E-state index in [-0.39, 0.29) is 0 Å². The molecule has 0 radical (unpaired) electrons. The Morgan fingerprint density at radius 1 is 1.27 bits per heavy atom. The molecule has 0 amide bonds. The van der Waals surface area contributed by atoms with Gasteiger partial charge in [-0.1, -0.05) is 51.1 Å². The zero-order chi connectivity index (χ0) is 16.1. The van der Waals surface area contributed by atoms with Crippen LogP contribution in [0, 0.1) is 5.92 Å². The molecule has 0 saturated heterocycles. The number of carbonyl (C=O) groups is 1. The summed E-state index contributed by atoms with van der Waals surface area (Å²) in [7, 11) is 0. The molecule has 4 nitrogen and oxygen atoms in total. The van der Waals surface area contributed by atoms with Crippen molar-refractivity contribution in [3.63, 3.8) is 0 Å². The Morgan fingerprint density at radius 3 is 2.50 bits per heavy atom. The molecule has 22 heavy (non-hydrogen) atoms. The van der Waals surface area contributed by atoms with Gasteiger partial charge in [0.1, 0.15) is 0 Å². The maximum Gasteiger partial charge on any atom is 0.308 e. The summed E-state index contributed by atoms with van der Waals surface area (Å²) in [5.41, 5.74) is 2.21. The largest absolute Gasteiger partial charge is 0.481 e.